The van der Waals surface area contributed by atoms with Gasteiger partial charge in [0.2, 0.25) is 5.55 Å². The van der Waals surface area contributed by atoms with Gasteiger partial charge in [-0.15, -0.1) is 5.75 Å². The molecule has 1 amide bonds. The number of amides is 1. The normalized spacial score (nSPS) is 11.4. The number of rotatable bonds is 5. The second-order valence-electron chi connectivity index (χ2n) is 6.80. The van der Waals surface area contributed by atoms with E-state index in [1.54, 1.807) is 12.1 Å². The van der Waals surface area contributed by atoms with Gasteiger partial charge >= 0.3 is 5.97 Å². The molecule has 154 valence electrons. The number of benzene rings is 3. The van der Waals surface area contributed by atoms with Crippen LogP contribution in [-0.2, 0) is 6.54 Å². The van der Waals surface area contributed by atoms with E-state index < -0.39 is 5.97 Å². The number of nitrogens with zero attached hydrogens (tertiary/aromatic N) is 1. The number of carboxylic acid groups (broad SMARTS) is 1. The number of fused-ring (bicyclic) bond motifs is 1. The lowest BCUT2D eigenvalue weighted by Crippen LogP contribution is -2.28. The van der Waals surface area contributed by atoms with E-state index in [2.05, 4.69) is 10.3 Å². The zero-order valence-electron chi connectivity index (χ0n) is 16.2. The fourth-order valence-electron chi connectivity index (χ4n) is 3.01. The van der Waals surface area contributed by atoms with Gasteiger partial charge in [0, 0.05) is 11.9 Å². The molecule has 1 heterocycles. The molecular weight excluding hydrogens is 396 g/mol. The first-order valence-electron chi connectivity index (χ1n) is 9.45. The molecule has 4 rings (SSSR count). The first kappa shape index (κ1) is 19.9. The first-order valence-corrected chi connectivity index (χ1v) is 9.45. The van der Waals surface area contributed by atoms with Crippen molar-refractivity contribution in [3.05, 3.63) is 101 Å². The highest BCUT2D eigenvalue weighted by Crippen LogP contribution is 2.19. The highest BCUT2D eigenvalue weighted by molar-refractivity contribution is 5.96. The third-order valence-electron chi connectivity index (χ3n) is 4.61. The van der Waals surface area contributed by atoms with Crippen LogP contribution in [-0.4, -0.2) is 17.0 Å². The Balaban J connectivity index is 1.76. The predicted octanol–water partition coefficient (Wildman–Crippen LogP) is 3.37. The number of aromatic carboxylic acids is 1. The van der Waals surface area contributed by atoms with Crippen molar-refractivity contribution in [1.82, 2.24) is 5.32 Å². The van der Waals surface area contributed by atoms with Crippen LogP contribution >= 0.6 is 0 Å². The Morgan fingerprint density at radius 2 is 1.71 bits per heavy atom. The van der Waals surface area contributed by atoms with E-state index in [0.29, 0.717) is 23.2 Å². The van der Waals surface area contributed by atoms with Gasteiger partial charge in [-0.25, -0.2) is 9.79 Å². The molecule has 4 aromatic rings. The third-order valence-corrected chi connectivity index (χ3v) is 4.61. The molecule has 31 heavy (non-hydrogen) atoms. The Morgan fingerprint density at radius 1 is 0.968 bits per heavy atom. The number of nitrogens with one attached hydrogen (secondary N) is 1. The molecule has 0 unspecified atom stereocenters. The molecular formula is C24H17N2O5-. The van der Waals surface area contributed by atoms with E-state index in [0.717, 1.165) is 5.56 Å². The number of hydrogen-bond donors (Lipinski definition) is 2. The molecule has 7 nitrogen and oxygen atoms in total. The number of carbonyl (C=O) groups excluding carboxylic acids is 1. The summed E-state index contributed by atoms with van der Waals surface area (Å²) in [5.74, 6) is -1.67. The summed E-state index contributed by atoms with van der Waals surface area (Å²) in [7, 11) is 0. The summed E-state index contributed by atoms with van der Waals surface area (Å²) in [4.78, 5) is 28.3. The average molecular weight is 413 g/mol. The minimum absolute atomic E-state index is 0.0201. The van der Waals surface area contributed by atoms with Gasteiger partial charge in [-0.3, -0.25) is 4.79 Å². The zero-order valence-corrected chi connectivity index (χ0v) is 16.2. The maximum atomic E-state index is 12.9. The lowest BCUT2D eigenvalue weighted by molar-refractivity contribution is -0.268. The third kappa shape index (κ3) is 4.62. The van der Waals surface area contributed by atoms with Crippen molar-refractivity contribution in [2.75, 3.05) is 0 Å². The van der Waals surface area contributed by atoms with E-state index >= 15 is 0 Å². The van der Waals surface area contributed by atoms with Crippen molar-refractivity contribution in [2.45, 2.75) is 6.54 Å². The average Bonchev–Trinajstić information content (AvgIpc) is 2.78. The van der Waals surface area contributed by atoms with Gasteiger partial charge in [0.1, 0.15) is 11.1 Å². The molecule has 0 saturated carbocycles. The summed E-state index contributed by atoms with van der Waals surface area (Å²) in [6, 6.07) is 21.2. The van der Waals surface area contributed by atoms with Crippen LogP contribution in [0.3, 0.4) is 0 Å². The standard InChI is InChI=1S/C24H18N2O5/c27-19-11-8-17-12-20(22(28)25-14-15-4-2-1-3-5-15)23(31-21(17)13-19)26-18-9-6-16(7-10-18)24(29)30/h1-13,27H,14H2,(H,25,28)(H,29,30)/p-1. The highest BCUT2D eigenvalue weighted by atomic mass is 16.4. The van der Waals surface area contributed by atoms with Crippen LogP contribution in [0.25, 0.3) is 11.0 Å². The predicted molar refractivity (Wildman–Crippen MR) is 112 cm³/mol. The van der Waals surface area contributed by atoms with E-state index in [9.17, 15) is 14.7 Å². The van der Waals surface area contributed by atoms with E-state index in [1.165, 1.54) is 36.4 Å². The Labute approximate surface area is 176 Å². The molecule has 0 aliphatic heterocycles. The topological polar surface area (TPSA) is 115 Å². The van der Waals surface area contributed by atoms with E-state index in [1.807, 2.05) is 30.3 Å². The Bertz CT molecular complexity index is 1330. The van der Waals surface area contributed by atoms with Crippen LogP contribution in [0.1, 0.15) is 26.3 Å². The van der Waals surface area contributed by atoms with Crippen LogP contribution in [0.15, 0.2) is 88.3 Å². The summed E-state index contributed by atoms with van der Waals surface area (Å²) in [6.45, 7) is 0.323. The lowest BCUT2D eigenvalue weighted by atomic mass is 10.1. The van der Waals surface area contributed by atoms with Crippen LogP contribution in [0.2, 0.25) is 0 Å². The number of carbonyl (C=O) groups is 2. The monoisotopic (exact) mass is 413 g/mol. The summed E-state index contributed by atoms with van der Waals surface area (Å²) >= 11 is 0. The van der Waals surface area contributed by atoms with Crippen LogP contribution < -0.4 is 16.0 Å². The molecule has 0 radical (unpaired) electrons. The zero-order chi connectivity index (χ0) is 21.8. The second-order valence-corrected chi connectivity index (χ2v) is 6.80. The van der Waals surface area contributed by atoms with Crippen molar-refractivity contribution < 1.29 is 24.2 Å². The molecule has 0 fully saturated rings. The molecule has 0 atom stereocenters. The maximum Gasteiger partial charge on any atom is 0.335 e. The molecule has 1 aromatic heterocycles. The molecule has 0 aliphatic rings. The van der Waals surface area contributed by atoms with E-state index in [-0.39, 0.29) is 28.3 Å². The van der Waals surface area contributed by atoms with Crippen LogP contribution in [0, 0.1) is 0 Å². The van der Waals surface area contributed by atoms with Gasteiger partial charge in [0.05, 0.1) is 11.3 Å². The molecule has 2 N–H and O–H groups in total. The SMILES string of the molecule is O=C(O)c1ccc(N=c2oc3cc([O-])ccc3cc2C(=O)NCc2ccccc2)cc1. The van der Waals surface area contributed by atoms with Crippen LogP contribution in [0.4, 0.5) is 5.69 Å². The summed E-state index contributed by atoms with van der Waals surface area (Å²) in [5, 5.41) is 24.2. The molecule has 0 spiro atoms. The van der Waals surface area contributed by atoms with Crippen molar-refractivity contribution >= 4 is 28.5 Å². The summed E-state index contributed by atoms with van der Waals surface area (Å²) in [6.07, 6.45) is 0. The van der Waals surface area contributed by atoms with Crippen molar-refractivity contribution in [1.29, 1.82) is 0 Å². The number of hydrogen-bond acceptors (Lipinski definition) is 5. The fourth-order valence-corrected chi connectivity index (χ4v) is 3.01. The second kappa shape index (κ2) is 8.54. The van der Waals surface area contributed by atoms with Gasteiger partial charge in [-0.1, -0.05) is 42.5 Å². The van der Waals surface area contributed by atoms with Gasteiger partial charge < -0.3 is 19.9 Å². The molecule has 0 bridgehead atoms. The van der Waals surface area contributed by atoms with Crippen molar-refractivity contribution in [3.63, 3.8) is 0 Å². The van der Waals surface area contributed by atoms with Gasteiger partial charge in [-0.2, -0.15) is 0 Å². The first-order chi connectivity index (χ1) is 15.0. The Hall–Kier alpha value is -4.39. The highest BCUT2D eigenvalue weighted by Gasteiger charge is 2.13. The molecule has 7 heteroatoms. The Morgan fingerprint density at radius 3 is 2.42 bits per heavy atom. The minimum atomic E-state index is -1.05. The fraction of sp³-hybridized carbons (Fsp3) is 0.0417. The van der Waals surface area contributed by atoms with Crippen molar-refractivity contribution in [2.24, 2.45) is 4.99 Å². The number of carboxylic acids is 1. The molecule has 3 aromatic carbocycles. The summed E-state index contributed by atoms with van der Waals surface area (Å²) < 4.78 is 5.78. The quantitative estimate of drug-likeness (QED) is 0.521. The largest absolute Gasteiger partial charge is 0.872 e. The Kier molecular flexibility index (Phi) is 5.49. The minimum Gasteiger partial charge on any atom is -0.872 e. The van der Waals surface area contributed by atoms with Crippen LogP contribution in [0.5, 0.6) is 5.75 Å². The van der Waals surface area contributed by atoms with Gasteiger partial charge in [0.15, 0.2) is 0 Å². The van der Waals surface area contributed by atoms with Gasteiger partial charge in [0.25, 0.3) is 5.91 Å². The smallest absolute Gasteiger partial charge is 0.335 e. The van der Waals surface area contributed by atoms with Gasteiger partial charge in [-0.05, 0) is 42.0 Å². The van der Waals surface area contributed by atoms with E-state index in [4.69, 9.17) is 9.52 Å². The maximum absolute atomic E-state index is 12.9. The molecule has 0 saturated heterocycles. The summed E-state index contributed by atoms with van der Waals surface area (Å²) in [5.41, 5.74) is 1.98. The molecule has 0 aliphatic carbocycles. The van der Waals surface area contributed by atoms with Crippen molar-refractivity contribution in [3.8, 4) is 5.75 Å². The lowest BCUT2D eigenvalue weighted by Gasteiger charge is -2.09.